The van der Waals surface area contributed by atoms with E-state index in [1.165, 1.54) is 12.1 Å². The summed E-state index contributed by atoms with van der Waals surface area (Å²) in [6, 6.07) is 5.88. The average Bonchev–Trinajstić information content (AvgIpc) is 2.49. The Balaban J connectivity index is 1.94. The minimum absolute atomic E-state index is 0.0905. The summed E-state index contributed by atoms with van der Waals surface area (Å²) < 4.78 is 31.7. The van der Waals surface area contributed by atoms with Gasteiger partial charge in [-0.1, -0.05) is 24.1 Å². The molecule has 0 unspecified atom stereocenters. The summed E-state index contributed by atoms with van der Waals surface area (Å²) in [4.78, 5) is 12.0. The maximum absolute atomic E-state index is 12.1. The zero-order valence-electron chi connectivity index (χ0n) is 13.1. The van der Waals surface area contributed by atoms with Crippen LogP contribution in [-0.4, -0.2) is 32.7 Å². The first kappa shape index (κ1) is 17.9. The van der Waals surface area contributed by atoms with Gasteiger partial charge in [-0.3, -0.25) is 10.5 Å². The van der Waals surface area contributed by atoms with Crippen LogP contribution < -0.4 is 16.2 Å². The Labute approximate surface area is 136 Å². The summed E-state index contributed by atoms with van der Waals surface area (Å²) in [5.74, 6) is -0.736. The first-order chi connectivity index (χ1) is 10.7. The van der Waals surface area contributed by atoms with Crippen LogP contribution in [0.15, 0.2) is 29.2 Å². The second kappa shape index (κ2) is 6.96. The van der Waals surface area contributed by atoms with E-state index in [4.69, 9.17) is 16.2 Å². The van der Waals surface area contributed by atoms with Gasteiger partial charge >= 0.3 is 5.97 Å². The Morgan fingerprint density at radius 2 is 2.00 bits per heavy atom. The number of rotatable bonds is 5. The van der Waals surface area contributed by atoms with Crippen LogP contribution >= 0.6 is 0 Å². The highest BCUT2D eigenvalue weighted by atomic mass is 32.2. The quantitative estimate of drug-likeness (QED) is 0.525. The standard InChI is InChI=1S/C15H23N3O4S/c1-11-5-7-12(8-6-11)23(20,21)18-10-14(19)22-15(17)9-3-2-4-13(15)16/h5-8,13,18H,2-4,9-10,16-17H2,1H3/t13-,15-/m0/s1. The van der Waals surface area contributed by atoms with Gasteiger partial charge in [-0.25, -0.2) is 8.42 Å². The second-order valence-corrected chi connectivity index (χ2v) is 7.69. The van der Waals surface area contributed by atoms with Gasteiger partial charge in [0.2, 0.25) is 10.0 Å². The van der Waals surface area contributed by atoms with Gasteiger partial charge in [-0.15, -0.1) is 0 Å². The molecule has 1 fully saturated rings. The first-order valence-electron chi connectivity index (χ1n) is 7.55. The number of carbonyl (C=O) groups is 1. The SMILES string of the molecule is Cc1ccc(S(=O)(=O)NCC(=O)O[C@@]2(N)CCCC[C@@H]2N)cc1. The van der Waals surface area contributed by atoms with Crippen molar-refractivity contribution in [3.05, 3.63) is 29.8 Å². The molecule has 1 aliphatic rings. The predicted octanol–water partition coefficient (Wildman–Crippen LogP) is 0.373. The first-order valence-corrected chi connectivity index (χ1v) is 9.04. The smallest absolute Gasteiger partial charge is 0.322 e. The molecule has 2 atom stereocenters. The third-order valence-electron chi connectivity index (χ3n) is 4.00. The second-order valence-electron chi connectivity index (χ2n) is 5.92. The molecule has 1 aromatic carbocycles. The van der Waals surface area contributed by atoms with Gasteiger partial charge in [0.05, 0.1) is 10.9 Å². The molecule has 23 heavy (non-hydrogen) atoms. The van der Waals surface area contributed by atoms with E-state index in [9.17, 15) is 13.2 Å². The van der Waals surface area contributed by atoms with Crippen molar-refractivity contribution in [3.63, 3.8) is 0 Å². The molecule has 0 heterocycles. The van der Waals surface area contributed by atoms with E-state index in [2.05, 4.69) is 4.72 Å². The highest BCUT2D eigenvalue weighted by Crippen LogP contribution is 2.26. The molecule has 0 aromatic heterocycles. The Morgan fingerprint density at radius 3 is 2.61 bits per heavy atom. The molecule has 1 aromatic rings. The van der Waals surface area contributed by atoms with Crippen LogP contribution in [0.1, 0.15) is 31.2 Å². The van der Waals surface area contributed by atoms with Crippen molar-refractivity contribution in [1.29, 1.82) is 0 Å². The molecule has 1 aliphatic carbocycles. The largest absolute Gasteiger partial charge is 0.441 e. The molecule has 0 aliphatic heterocycles. The summed E-state index contributed by atoms with van der Waals surface area (Å²) in [7, 11) is -3.77. The van der Waals surface area contributed by atoms with Gasteiger partial charge < -0.3 is 10.5 Å². The molecule has 7 nitrogen and oxygen atoms in total. The van der Waals surface area contributed by atoms with Gasteiger partial charge in [0, 0.05) is 6.42 Å². The lowest BCUT2D eigenvalue weighted by Crippen LogP contribution is -2.60. The van der Waals surface area contributed by atoms with Crippen LogP contribution in [0.2, 0.25) is 0 Å². The molecule has 2 rings (SSSR count). The number of hydrogen-bond acceptors (Lipinski definition) is 6. The van der Waals surface area contributed by atoms with Crippen LogP contribution in [0.25, 0.3) is 0 Å². The van der Waals surface area contributed by atoms with Crippen LogP contribution in [0.3, 0.4) is 0 Å². The van der Waals surface area contributed by atoms with E-state index in [1.807, 2.05) is 6.92 Å². The molecular formula is C15H23N3O4S. The molecule has 0 radical (unpaired) electrons. The Kier molecular flexibility index (Phi) is 5.41. The van der Waals surface area contributed by atoms with Crippen molar-refractivity contribution < 1.29 is 17.9 Å². The summed E-state index contributed by atoms with van der Waals surface area (Å²) in [6.45, 7) is 1.37. The Bertz CT molecular complexity index is 660. The van der Waals surface area contributed by atoms with Gasteiger partial charge in [0.1, 0.15) is 6.54 Å². The van der Waals surface area contributed by atoms with E-state index in [0.29, 0.717) is 12.8 Å². The van der Waals surface area contributed by atoms with Crippen LogP contribution in [0, 0.1) is 6.92 Å². The van der Waals surface area contributed by atoms with Crippen molar-refractivity contribution in [2.45, 2.75) is 49.3 Å². The summed E-state index contributed by atoms with van der Waals surface area (Å²) in [6.07, 6.45) is 2.92. The number of benzene rings is 1. The zero-order valence-corrected chi connectivity index (χ0v) is 13.9. The number of nitrogens with two attached hydrogens (primary N) is 2. The molecule has 128 valence electrons. The van der Waals surface area contributed by atoms with E-state index >= 15 is 0 Å². The van der Waals surface area contributed by atoms with Crippen molar-refractivity contribution >= 4 is 16.0 Å². The number of ether oxygens (including phenoxy) is 1. The number of aryl methyl sites for hydroxylation is 1. The lowest BCUT2D eigenvalue weighted by molar-refractivity contribution is -0.163. The number of hydrogen-bond donors (Lipinski definition) is 3. The van der Waals surface area contributed by atoms with Crippen molar-refractivity contribution in [2.75, 3.05) is 6.54 Å². The molecule has 0 saturated heterocycles. The van der Waals surface area contributed by atoms with E-state index in [0.717, 1.165) is 18.4 Å². The highest BCUT2D eigenvalue weighted by Gasteiger charge is 2.38. The fourth-order valence-electron chi connectivity index (χ4n) is 2.52. The molecular weight excluding hydrogens is 318 g/mol. The molecule has 0 spiro atoms. The Morgan fingerprint density at radius 1 is 1.35 bits per heavy atom. The fourth-order valence-corrected chi connectivity index (χ4v) is 3.49. The lowest BCUT2D eigenvalue weighted by atomic mass is 9.88. The molecule has 0 bridgehead atoms. The molecule has 0 amide bonds. The minimum atomic E-state index is -3.77. The van der Waals surface area contributed by atoms with Crippen LogP contribution in [0.5, 0.6) is 0 Å². The van der Waals surface area contributed by atoms with Crippen LogP contribution in [-0.2, 0) is 19.6 Å². The van der Waals surface area contributed by atoms with E-state index in [-0.39, 0.29) is 4.90 Å². The third kappa shape index (κ3) is 4.51. The predicted molar refractivity (Wildman–Crippen MR) is 85.8 cm³/mol. The normalized spacial score (nSPS) is 25.1. The van der Waals surface area contributed by atoms with E-state index < -0.39 is 34.3 Å². The summed E-state index contributed by atoms with van der Waals surface area (Å²) in [5, 5.41) is 0. The van der Waals surface area contributed by atoms with Crippen molar-refractivity contribution in [3.8, 4) is 0 Å². The zero-order chi connectivity index (χ0) is 17.1. The maximum Gasteiger partial charge on any atom is 0.322 e. The summed E-state index contributed by atoms with van der Waals surface area (Å²) >= 11 is 0. The third-order valence-corrected chi connectivity index (χ3v) is 5.42. The molecule has 5 N–H and O–H groups in total. The van der Waals surface area contributed by atoms with Gasteiger partial charge in [0.15, 0.2) is 5.72 Å². The number of carbonyl (C=O) groups excluding carboxylic acids is 1. The number of nitrogens with one attached hydrogen (secondary N) is 1. The topological polar surface area (TPSA) is 125 Å². The van der Waals surface area contributed by atoms with Crippen molar-refractivity contribution in [1.82, 2.24) is 4.72 Å². The van der Waals surface area contributed by atoms with Gasteiger partial charge in [-0.05, 0) is 31.9 Å². The van der Waals surface area contributed by atoms with Gasteiger partial charge in [0.25, 0.3) is 0 Å². The monoisotopic (exact) mass is 341 g/mol. The highest BCUT2D eigenvalue weighted by molar-refractivity contribution is 7.89. The van der Waals surface area contributed by atoms with Crippen LogP contribution in [0.4, 0.5) is 0 Å². The molecule has 8 heteroatoms. The minimum Gasteiger partial charge on any atom is -0.441 e. The van der Waals surface area contributed by atoms with Gasteiger partial charge in [-0.2, -0.15) is 4.72 Å². The van der Waals surface area contributed by atoms with Crippen molar-refractivity contribution in [2.24, 2.45) is 11.5 Å². The summed E-state index contributed by atoms with van der Waals surface area (Å²) in [5.41, 5.74) is 11.7. The average molecular weight is 341 g/mol. The molecule has 1 saturated carbocycles. The number of esters is 1. The fraction of sp³-hybridized carbons (Fsp3) is 0.533. The lowest BCUT2D eigenvalue weighted by Gasteiger charge is -2.38. The van der Waals surface area contributed by atoms with E-state index in [1.54, 1.807) is 12.1 Å². The number of sulfonamides is 1. The maximum atomic E-state index is 12.1. The Hall–Kier alpha value is -1.48.